The van der Waals surface area contributed by atoms with Gasteiger partial charge in [0.1, 0.15) is 29.8 Å². The summed E-state index contributed by atoms with van der Waals surface area (Å²) < 4.78 is 19.4. The van der Waals surface area contributed by atoms with E-state index in [-0.39, 0.29) is 12.2 Å². The predicted octanol–water partition coefficient (Wildman–Crippen LogP) is 4.40. The molecule has 1 heterocycles. The number of benzene rings is 2. The highest BCUT2D eigenvalue weighted by molar-refractivity contribution is 7.98. The Labute approximate surface area is 163 Å². The van der Waals surface area contributed by atoms with Gasteiger partial charge in [-0.2, -0.15) is 5.26 Å². The van der Waals surface area contributed by atoms with Gasteiger partial charge in [-0.3, -0.25) is 4.79 Å². The topological polar surface area (TPSA) is 78.8 Å². The number of nitrogens with one attached hydrogen (secondary N) is 1. The molecule has 0 bridgehead atoms. The van der Waals surface area contributed by atoms with Gasteiger partial charge < -0.3 is 9.72 Å². The van der Waals surface area contributed by atoms with E-state index in [1.807, 2.05) is 6.07 Å². The number of aromatic nitrogens is 2. The quantitative estimate of drug-likeness (QED) is 0.506. The lowest BCUT2D eigenvalue weighted by Gasteiger charge is -2.09. The zero-order valence-corrected chi connectivity index (χ0v) is 15.7. The normalized spacial score (nSPS) is 10.4. The Balaban J connectivity index is 1.83. The van der Waals surface area contributed by atoms with E-state index >= 15 is 0 Å². The van der Waals surface area contributed by atoms with Crippen molar-refractivity contribution in [1.29, 1.82) is 5.26 Å². The van der Waals surface area contributed by atoms with Crippen molar-refractivity contribution in [2.75, 3.05) is 6.26 Å². The summed E-state index contributed by atoms with van der Waals surface area (Å²) in [7, 11) is 0. The lowest BCUT2D eigenvalue weighted by molar-refractivity contribution is 0.300. The molecule has 0 aliphatic heterocycles. The molecule has 1 aromatic heterocycles. The number of nitrogens with zero attached hydrogens (tertiary/aromatic N) is 2. The van der Waals surface area contributed by atoms with Gasteiger partial charge in [0.05, 0.1) is 5.69 Å². The Morgan fingerprint density at radius 3 is 2.67 bits per heavy atom. The highest BCUT2D eigenvalue weighted by Gasteiger charge is 2.13. The van der Waals surface area contributed by atoms with Crippen LogP contribution in [-0.4, -0.2) is 16.2 Å². The van der Waals surface area contributed by atoms with Crippen LogP contribution in [0.4, 0.5) is 4.39 Å². The molecular formula is C19H13ClFN3O2S. The van der Waals surface area contributed by atoms with Gasteiger partial charge in [0.2, 0.25) is 0 Å². The number of halogens is 2. The van der Waals surface area contributed by atoms with Crippen molar-refractivity contribution in [3.63, 3.8) is 0 Å². The summed E-state index contributed by atoms with van der Waals surface area (Å²) in [4.78, 5) is 18.9. The third-order valence-corrected chi connectivity index (χ3v) is 4.56. The minimum atomic E-state index is -0.481. The van der Waals surface area contributed by atoms with Gasteiger partial charge in [0.15, 0.2) is 5.16 Å². The monoisotopic (exact) mass is 401 g/mol. The fourth-order valence-electron chi connectivity index (χ4n) is 2.37. The van der Waals surface area contributed by atoms with Crippen LogP contribution in [0.5, 0.6) is 5.75 Å². The van der Waals surface area contributed by atoms with Crippen LogP contribution in [0.1, 0.15) is 11.1 Å². The lowest BCUT2D eigenvalue weighted by atomic mass is 10.1. The first-order chi connectivity index (χ1) is 13.0. The van der Waals surface area contributed by atoms with E-state index in [9.17, 15) is 14.4 Å². The molecule has 0 saturated heterocycles. The number of ether oxygens (including phenoxy) is 1. The first-order valence-corrected chi connectivity index (χ1v) is 9.37. The number of thioether (sulfide) groups is 1. The second kappa shape index (κ2) is 8.25. The van der Waals surface area contributed by atoms with Crippen molar-refractivity contribution >= 4 is 23.4 Å². The molecule has 1 N–H and O–H groups in total. The molecule has 3 rings (SSSR count). The number of hydrogen-bond acceptors (Lipinski definition) is 5. The van der Waals surface area contributed by atoms with Crippen molar-refractivity contribution < 1.29 is 9.13 Å². The second-order valence-corrected chi connectivity index (χ2v) is 6.69. The Morgan fingerprint density at radius 2 is 2.04 bits per heavy atom. The average molecular weight is 402 g/mol. The molecular weight excluding hydrogens is 389 g/mol. The molecule has 136 valence electrons. The Morgan fingerprint density at radius 1 is 1.30 bits per heavy atom. The van der Waals surface area contributed by atoms with Gasteiger partial charge in [-0.15, -0.1) is 0 Å². The van der Waals surface area contributed by atoms with Gasteiger partial charge in [-0.05, 0) is 42.7 Å². The van der Waals surface area contributed by atoms with Crippen LogP contribution < -0.4 is 10.3 Å². The number of rotatable bonds is 5. The third kappa shape index (κ3) is 4.30. The second-order valence-electron chi connectivity index (χ2n) is 5.46. The van der Waals surface area contributed by atoms with E-state index in [0.717, 1.165) is 0 Å². The molecule has 0 aliphatic rings. The standard InChI is InChI=1S/C19H13ClFN3O2S/c1-27-19-23-17(15(9-22)18(25)24-19)11-3-6-14(7-4-11)26-10-12-2-5-13(20)8-16(12)21/h2-8H,10H2,1H3,(H,23,24,25). The van der Waals surface area contributed by atoms with Gasteiger partial charge >= 0.3 is 0 Å². The van der Waals surface area contributed by atoms with Crippen LogP contribution in [-0.2, 0) is 6.61 Å². The Bertz CT molecular complexity index is 1080. The maximum atomic E-state index is 13.8. The van der Waals surface area contributed by atoms with Crippen molar-refractivity contribution in [1.82, 2.24) is 9.97 Å². The molecule has 5 nitrogen and oxygen atoms in total. The third-order valence-electron chi connectivity index (χ3n) is 3.74. The van der Waals surface area contributed by atoms with E-state index in [1.165, 1.54) is 17.8 Å². The fourth-order valence-corrected chi connectivity index (χ4v) is 2.91. The summed E-state index contributed by atoms with van der Waals surface area (Å²) in [6.07, 6.45) is 1.78. The summed E-state index contributed by atoms with van der Waals surface area (Å²) >= 11 is 7.01. The van der Waals surface area contributed by atoms with Gasteiger partial charge in [-0.25, -0.2) is 9.37 Å². The maximum absolute atomic E-state index is 13.8. The number of aromatic amines is 1. The number of nitriles is 1. The predicted molar refractivity (Wildman–Crippen MR) is 103 cm³/mol. The van der Waals surface area contributed by atoms with Crippen molar-refractivity contribution in [3.8, 4) is 23.1 Å². The van der Waals surface area contributed by atoms with Gasteiger partial charge in [-0.1, -0.05) is 29.4 Å². The lowest BCUT2D eigenvalue weighted by Crippen LogP contribution is -2.14. The fraction of sp³-hybridized carbons (Fsp3) is 0.105. The molecule has 0 fully saturated rings. The molecule has 27 heavy (non-hydrogen) atoms. The number of H-pyrrole nitrogens is 1. The van der Waals surface area contributed by atoms with Gasteiger partial charge in [0, 0.05) is 16.1 Å². The maximum Gasteiger partial charge on any atom is 0.270 e. The highest BCUT2D eigenvalue weighted by atomic mass is 35.5. The van der Waals surface area contributed by atoms with E-state index in [0.29, 0.717) is 32.7 Å². The largest absolute Gasteiger partial charge is 0.489 e. The van der Waals surface area contributed by atoms with Crippen LogP contribution >= 0.6 is 23.4 Å². The smallest absolute Gasteiger partial charge is 0.270 e. The molecule has 2 aromatic carbocycles. The van der Waals surface area contributed by atoms with Crippen molar-refractivity contribution in [2.45, 2.75) is 11.8 Å². The van der Waals surface area contributed by atoms with Gasteiger partial charge in [0.25, 0.3) is 5.56 Å². The molecule has 3 aromatic rings. The molecule has 0 amide bonds. The minimum absolute atomic E-state index is 0.0473. The molecule has 8 heteroatoms. The van der Waals surface area contributed by atoms with Crippen molar-refractivity contribution in [3.05, 3.63) is 74.8 Å². The Kier molecular flexibility index (Phi) is 5.79. The first kappa shape index (κ1) is 19.0. The van der Waals surface area contributed by atoms with Crippen LogP contribution in [0.15, 0.2) is 52.4 Å². The summed E-state index contributed by atoms with van der Waals surface area (Å²) in [6, 6.07) is 13.0. The Hall–Kier alpha value is -2.82. The summed E-state index contributed by atoms with van der Waals surface area (Å²) in [5.74, 6) is 0.0802. The molecule has 0 atom stereocenters. The SMILES string of the molecule is CSc1nc(-c2ccc(OCc3ccc(Cl)cc3F)cc2)c(C#N)c(=O)[nH]1. The molecule has 0 aliphatic carbocycles. The summed E-state index contributed by atoms with van der Waals surface area (Å²) in [5.41, 5.74) is 0.769. The van der Waals surface area contributed by atoms with Crippen LogP contribution in [0.2, 0.25) is 5.02 Å². The minimum Gasteiger partial charge on any atom is -0.489 e. The molecule has 0 spiro atoms. The zero-order chi connectivity index (χ0) is 19.4. The van der Waals surface area contributed by atoms with E-state index < -0.39 is 11.4 Å². The van der Waals surface area contributed by atoms with E-state index in [4.69, 9.17) is 16.3 Å². The molecule has 0 saturated carbocycles. The van der Waals surface area contributed by atoms with E-state index in [1.54, 1.807) is 42.7 Å². The molecule has 0 unspecified atom stereocenters. The van der Waals surface area contributed by atoms with Crippen molar-refractivity contribution in [2.24, 2.45) is 0 Å². The van der Waals surface area contributed by atoms with Crippen LogP contribution in [0, 0.1) is 17.1 Å². The first-order valence-electron chi connectivity index (χ1n) is 7.77. The van der Waals surface area contributed by atoms with E-state index in [2.05, 4.69) is 9.97 Å². The van der Waals surface area contributed by atoms with Crippen LogP contribution in [0.25, 0.3) is 11.3 Å². The summed E-state index contributed by atoms with van der Waals surface area (Å²) in [6.45, 7) is 0.0473. The molecule has 0 radical (unpaired) electrons. The number of hydrogen-bond donors (Lipinski definition) is 1. The average Bonchev–Trinajstić information content (AvgIpc) is 2.67. The highest BCUT2D eigenvalue weighted by Crippen LogP contribution is 2.24. The van der Waals surface area contributed by atoms with Crippen LogP contribution in [0.3, 0.4) is 0 Å². The zero-order valence-electron chi connectivity index (χ0n) is 14.1. The summed E-state index contributed by atoms with van der Waals surface area (Å²) in [5, 5.41) is 9.99.